The molecule has 1 heteroatoms. The van der Waals surface area contributed by atoms with E-state index < -0.39 is 0 Å². The van der Waals surface area contributed by atoms with Crippen LogP contribution >= 0.6 is 9.24 Å². The maximum absolute atomic E-state index is 3.89. The SMILES string of the molecule is C=C(C)CCCCCCCP. The molecule has 0 radical (unpaired) electrons. The Morgan fingerprint density at radius 1 is 1.09 bits per heavy atom. The van der Waals surface area contributed by atoms with Crippen LogP contribution < -0.4 is 0 Å². The normalized spacial score (nSPS) is 10.0. The maximum Gasteiger partial charge on any atom is -0.0326 e. The van der Waals surface area contributed by atoms with E-state index >= 15 is 0 Å². The van der Waals surface area contributed by atoms with E-state index in [1.807, 2.05) is 0 Å². The number of hydrogen-bond acceptors (Lipinski definition) is 0. The lowest BCUT2D eigenvalue weighted by molar-refractivity contribution is 0.633. The third-order valence-corrected chi connectivity index (χ3v) is 2.22. The number of rotatable bonds is 7. The molecule has 0 saturated carbocycles. The highest BCUT2D eigenvalue weighted by atomic mass is 31.0. The summed E-state index contributed by atoms with van der Waals surface area (Å²) >= 11 is 0. The Morgan fingerprint density at radius 3 is 2.18 bits per heavy atom. The Kier molecular flexibility index (Phi) is 8.40. The molecule has 1 atom stereocenters. The first-order valence-corrected chi connectivity index (χ1v) is 5.43. The van der Waals surface area contributed by atoms with Crippen LogP contribution in [0.1, 0.15) is 45.4 Å². The van der Waals surface area contributed by atoms with Crippen LogP contribution in [0.25, 0.3) is 0 Å². The molecule has 0 aromatic carbocycles. The van der Waals surface area contributed by atoms with Crippen molar-refractivity contribution in [2.24, 2.45) is 0 Å². The summed E-state index contributed by atoms with van der Waals surface area (Å²) in [6.07, 6.45) is 9.39. The van der Waals surface area contributed by atoms with Gasteiger partial charge in [0, 0.05) is 0 Å². The molecule has 0 saturated heterocycles. The van der Waals surface area contributed by atoms with Crippen molar-refractivity contribution in [1.29, 1.82) is 0 Å². The zero-order valence-electron chi connectivity index (χ0n) is 7.73. The summed E-state index contributed by atoms with van der Waals surface area (Å²) in [5.41, 5.74) is 1.33. The molecule has 0 rings (SSSR count). The van der Waals surface area contributed by atoms with Crippen LogP contribution in [0.5, 0.6) is 0 Å². The lowest BCUT2D eigenvalue weighted by Gasteiger charge is -1.99. The van der Waals surface area contributed by atoms with Gasteiger partial charge in [0.1, 0.15) is 0 Å². The number of hydrogen-bond donors (Lipinski definition) is 0. The van der Waals surface area contributed by atoms with Crippen LogP contribution in [0.4, 0.5) is 0 Å². The highest BCUT2D eigenvalue weighted by Gasteiger charge is 1.89. The smallest absolute Gasteiger partial charge is 0.0326 e. The molecular formula is C10H21P. The summed E-state index contributed by atoms with van der Waals surface area (Å²) in [5.74, 6) is 0. The van der Waals surface area contributed by atoms with Gasteiger partial charge >= 0.3 is 0 Å². The fourth-order valence-electron chi connectivity index (χ4n) is 1.10. The third-order valence-electron chi connectivity index (χ3n) is 1.81. The van der Waals surface area contributed by atoms with Gasteiger partial charge in [0.2, 0.25) is 0 Å². The van der Waals surface area contributed by atoms with Crippen LogP contribution in [0, 0.1) is 0 Å². The molecule has 0 spiro atoms. The first-order valence-electron chi connectivity index (χ1n) is 4.62. The molecule has 11 heavy (non-hydrogen) atoms. The second-order valence-electron chi connectivity index (χ2n) is 3.26. The van der Waals surface area contributed by atoms with Crippen LogP contribution in [0.3, 0.4) is 0 Å². The molecule has 0 amide bonds. The van der Waals surface area contributed by atoms with Gasteiger partial charge in [0.25, 0.3) is 0 Å². The molecule has 0 N–H and O–H groups in total. The van der Waals surface area contributed by atoms with E-state index in [4.69, 9.17) is 0 Å². The summed E-state index contributed by atoms with van der Waals surface area (Å²) in [4.78, 5) is 0. The lowest BCUT2D eigenvalue weighted by Crippen LogP contribution is -1.80. The van der Waals surface area contributed by atoms with Crippen molar-refractivity contribution in [2.45, 2.75) is 45.4 Å². The molecule has 0 bridgehead atoms. The molecule has 0 aliphatic carbocycles. The number of allylic oxidation sites excluding steroid dienone is 1. The van der Waals surface area contributed by atoms with E-state index in [0.29, 0.717) is 0 Å². The minimum Gasteiger partial charge on any atom is -0.138 e. The Labute approximate surface area is 73.7 Å². The van der Waals surface area contributed by atoms with Crippen molar-refractivity contribution in [3.63, 3.8) is 0 Å². The van der Waals surface area contributed by atoms with Gasteiger partial charge in [0.15, 0.2) is 0 Å². The fourth-order valence-corrected chi connectivity index (χ4v) is 1.39. The Hall–Kier alpha value is 0.170. The van der Waals surface area contributed by atoms with E-state index in [9.17, 15) is 0 Å². The molecule has 0 aromatic heterocycles. The standard InChI is InChI=1S/C10H21P/c1-10(2)8-6-4-3-5-7-9-11/h1,3-9,11H2,2H3. The maximum atomic E-state index is 3.89. The van der Waals surface area contributed by atoms with E-state index in [2.05, 4.69) is 22.7 Å². The topological polar surface area (TPSA) is 0 Å². The minimum atomic E-state index is 1.22. The predicted octanol–water partition coefficient (Wildman–Crippen LogP) is 3.78. The van der Waals surface area contributed by atoms with Gasteiger partial charge in [-0.15, -0.1) is 15.8 Å². The zero-order chi connectivity index (χ0) is 8.53. The van der Waals surface area contributed by atoms with Crippen LogP contribution in [-0.4, -0.2) is 6.16 Å². The van der Waals surface area contributed by atoms with Gasteiger partial charge in [-0.2, -0.15) is 0 Å². The molecule has 0 nitrogen and oxygen atoms in total. The Balaban J connectivity index is 2.85. The molecule has 0 aromatic rings. The van der Waals surface area contributed by atoms with E-state index in [-0.39, 0.29) is 0 Å². The predicted molar refractivity (Wildman–Crippen MR) is 57.1 cm³/mol. The quantitative estimate of drug-likeness (QED) is 0.311. The molecule has 66 valence electrons. The average molecular weight is 172 g/mol. The van der Waals surface area contributed by atoms with Gasteiger partial charge in [-0.3, -0.25) is 0 Å². The summed E-state index contributed by atoms with van der Waals surface area (Å²) < 4.78 is 0. The van der Waals surface area contributed by atoms with Crippen LogP contribution in [0.2, 0.25) is 0 Å². The van der Waals surface area contributed by atoms with Gasteiger partial charge in [-0.25, -0.2) is 0 Å². The van der Waals surface area contributed by atoms with Crippen molar-refractivity contribution in [2.75, 3.05) is 6.16 Å². The van der Waals surface area contributed by atoms with Gasteiger partial charge in [0.05, 0.1) is 0 Å². The summed E-state index contributed by atoms with van der Waals surface area (Å²) in [7, 11) is 2.78. The highest BCUT2D eigenvalue weighted by Crippen LogP contribution is 2.09. The average Bonchev–Trinajstić information content (AvgIpc) is 1.96. The molecular weight excluding hydrogens is 151 g/mol. The second-order valence-corrected chi connectivity index (χ2v) is 3.84. The summed E-state index contributed by atoms with van der Waals surface area (Å²) in [5, 5.41) is 0. The van der Waals surface area contributed by atoms with Crippen molar-refractivity contribution in [1.82, 2.24) is 0 Å². The van der Waals surface area contributed by atoms with Crippen LogP contribution in [0.15, 0.2) is 12.2 Å². The molecule has 0 fully saturated rings. The second kappa shape index (κ2) is 8.27. The zero-order valence-corrected chi connectivity index (χ0v) is 8.89. The van der Waals surface area contributed by atoms with Gasteiger partial charge in [-0.1, -0.05) is 24.8 Å². The lowest BCUT2D eigenvalue weighted by atomic mass is 10.1. The van der Waals surface area contributed by atoms with Crippen LogP contribution in [-0.2, 0) is 0 Å². The van der Waals surface area contributed by atoms with Crippen molar-refractivity contribution in [3.8, 4) is 0 Å². The summed E-state index contributed by atoms with van der Waals surface area (Å²) in [6.45, 7) is 6.00. The number of unbranched alkanes of at least 4 members (excludes halogenated alkanes) is 4. The molecule has 1 unspecified atom stereocenters. The first kappa shape index (κ1) is 11.2. The summed E-state index contributed by atoms with van der Waals surface area (Å²) in [6, 6.07) is 0. The van der Waals surface area contributed by atoms with E-state index in [0.717, 1.165) is 0 Å². The minimum absolute atomic E-state index is 1.22. The third kappa shape index (κ3) is 10.2. The molecule has 0 heterocycles. The molecule has 0 aliphatic heterocycles. The Bertz CT molecular complexity index is 97.0. The van der Waals surface area contributed by atoms with Gasteiger partial charge < -0.3 is 0 Å². The monoisotopic (exact) mass is 172 g/mol. The fraction of sp³-hybridized carbons (Fsp3) is 0.800. The van der Waals surface area contributed by atoms with E-state index in [1.54, 1.807) is 0 Å². The first-order chi connectivity index (χ1) is 5.27. The Morgan fingerprint density at radius 2 is 1.64 bits per heavy atom. The molecule has 0 aliphatic rings. The van der Waals surface area contributed by atoms with Gasteiger partial charge in [-0.05, 0) is 32.3 Å². The largest absolute Gasteiger partial charge is 0.138 e. The van der Waals surface area contributed by atoms with Crippen molar-refractivity contribution < 1.29 is 0 Å². The van der Waals surface area contributed by atoms with Crippen molar-refractivity contribution >= 4 is 9.24 Å². The van der Waals surface area contributed by atoms with Crippen molar-refractivity contribution in [3.05, 3.63) is 12.2 Å². The van der Waals surface area contributed by atoms with E-state index in [1.165, 1.54) is 50.3 Å². The highest BCUT2D eigenvalue weighted by molar-refractivity contribution is 7.16.